The number of fused-ring (bicyclic) bond motifs is 1. The van der Waals surface area contributed by atoms with Crippen molar-refractivity contribution < 1.29 is 19.1 Å². The lowest BCUT2D eigenvalue weighted by atomic mass is 9.87. The van der Waals surface area contributed by atoms with Crippen molar-refractivity contribution in [1.29, 1.82) is 0 Å². The third kappa shape index (κ3) is 6.82. The van der Waals surface area contributed by atoms with Gasteiger partial charge in [0.15, 0.2) is 6.61 Å². The molecule has 0 saturated heterocycles. The highest BCUT2D eigenvalue weighted by Gasteiger charge is 2.26. The maximum absolute atomic E-state index is 12.7. The van der Waals surface area contributed by atoms with E-state index < -0.39 is 0 Å². The lowest BCUT2D eigenvalue weighted by molar-refractivity contribution is -0.121. The number of amides is 2. The van der Waals surface area contributed by atoms with Gasteiger partial charge in [-0.1, -0.05) is 71.0 Å². The van der Waals surface area contributed by atoms with Crippen LogP contribution in [0.15, 0.2) is 72.8 Å². The predicted octanol–water partition coefficient (Wildman–Crippen LogP) is 6.56. The highest BCUT2D eigenvalue weighted by Crippen LogP contribution is 2.34. The fraction of sp³-hybridized carbons (Fsp3) is 0.312. The van der Waals surface area contributed by atoms with Crippen LogP contribution in [0.25, 0.3) is 6.08 Å². The second kappa shape index (κ2) is 11.5. The van der Waals surface area contributed by atoms with Crippen LogP contribution in [-0.2, 0) is 15.0 Å². The highest BCUT2D eigenvalue weighted by atomic mass is 16.5. The molecule has 6 heteroatoms. The van der Waals surface area contributed by atoms with Gasteiger partial charge in [0.1, 0.15) is 18.1 Å². The number of benzene rings is 3. The normalized spacial score (nSPS) is 13.4. The van der Waals surface area contributed by atoms with Gasteiger partial charge in [0.25, 0.3) is 5.91 Å². The Bertz CT molecular complexity index is 1300. The first-order chi connectivity index (χ1) is 18.1. The molecule has 38 heavy (non-hydrogen) atoms. The summed E-state index contributed by atoms with van der Waals surface area (Å²) >= 11 is 0. The van der Waals surface area contributed by atoms with Gasteiger partial charge in [0, 0.05) is 11.8 Å². The van der Waals surface area contributed by atoms with Crippen LogP contribution in [-0.4, -0.2) is 31.6 Å². The van der Waals surface area contributed by atoms with Crippen LogP contribution in [0.2, 0.25) is 0 Å². The Morgan fingerprint density at radius 2 is 1.76 bits per heavy atom. The van der Waals surface area contributed by atoms with E-state index in [1.807, 2.05) is 24.3 Å². The van der Waals surface area contributed by atoms with E-state index in [2.05, 4.69) is 64.2 Å². The Labute approximate surface area is 225 Å². The van der Waals surface area contributed by atoms with Crippen molar-refractivity contribution in [2.75, 3.05) is 30.0 Å². The van der Waals surface area contributed by atoms with Crippen molar-refractivity contribution in [2.24, 2.45) is 0 Å². The number of rotatable bonds is 8. The van der Waals surface area contributed by atoms with E-state index in [1.165, 1.54) is 17.2 Å². The van der Waals surface area contributed by atoms with E-state index in [0.29, 0.717) is 36.2 Å². The molecule has 0 fully saturated rings. The van der Waals surface area contributed by atoms with Crippen molar-refractivity contribution in [2.45, 2.75) is 46.0 Å². The zero-order valence-corrected chi connectivity index (χ0v) is 22.8. The molecule has 198 valence electrons. The van der Waals surface area contributed by atoms with Crippen molar-refractivity contribution in [3.63, 3.8) is 0 Å². The number of hydrogen-bond acceptors (Lipinski definition) is 4. The van der Waals surface area contributed by atoms with E-state index >= 15 is 0 Å². The van der Waals surface area contributed by atoms with Crippen LogP contribution in [0.1, 0.15) is 57.2 Å². The second-order valence-electron chi connectivity index (χ2n) is 10.8. The van der Waals surface area contributed by atoms with Crippen molar-refractivity contribution in [3.05, 3.63) is 89.5 Å². The first-order valence-corrected chi connectivity index (χ1v) is 13.0. The molecule has 2 amide bonds. The third-order valence-corrected chi connectivity index (χ3v) is 6.50. The zero-order valence-electron chi connectivity index (χ0n) is 22.8. The standard InChI is InChI=1S/C32H36N2O4/c1-22(2)24-9-6-23(7-10-24)8-17-30(35)33-26-13-16-29-28(20-26)34(31(36)21-38-29)18-19-37-27-14-11-25(12-15-27)32(3,4)5/h6-17,20,22H,18-19,21H2,1-5H3,(H,33,35)/b17-8+. The number of ether oxygens (including phenoxy) is 2. The zero-order chi connectivity index (χ0) is 27.3. The molecule has 1 aliphatic heterocycles. The summed E-state index contributed by atoms with van der Waals surface area (Å²) in [5.41, 5.74) is 4.70. The van der Waals surface area contributed by atoms with Gasteiger partial charge >= 0.3 is 0 Å². The fourth-order valence-corrected chi connectivity index (χ4v) is 4.18. The molecule has 0 aliphatic carbocycles. The number of carbonyl (C=O) groups is 2. The van der Waals surface area contributed by atoms with E-state index in [0.717, 1.165) is 11.3 Å². The summed E-state index contributed by atoms with van der Waals surface area (Å²) in [4.78, 5) is 26.9. The van der Waals surface area contributed by atoms with Crippen LogP contribution < -0.4 is 19.7 Å². The molecule has 4 rings (SSSR count). The summed E-state index contributed by atoms with van der Waals surface area (Å²) in [7, 11) is 0. The molecular weight excluding hydrogens is 476 g/mol. The monoisotopic (exact) mass is 512 g/mol. The number of nitrogens with zero attached hydrogens (tertiary/aromatic N) is 1. The minimum Gasteiger partial charge on any atom is -0.492 e. The van der Waals surface area contributed by atoms with Gasteiger partial charge in [-0.2, -0.15) is 0 Å². The molecule has 1 aliphatic rings. The van der Waals surface area contributed by atoms with E-state index in [-0.39, 0.29) is 23.8 Å². The fourth-order valence-electron chi connectivity index (χ4n) is 4.18. The van der Waals surface area contributed by atoms with Gasteiger partial charge in [-0.3, -0.25) is 9.59 Å². The van der Waals surface area contributed by atoms with Crippen LogP contribution in [0, 0.1) is 0 Å². The summed E-state index contributed by atoms with van der Waals surface area (Å²) in [6.45, 7) is 11.5. The maximum Gasteiger partial charge on any atom is 0.265 e. The second-order valence-corrected chi connectivity index (χ2v) is 10.8. The minimum absolute atomic E-state index is 0.0304. The Morgan fingerprint density at radius 1 is 1.05 bits per heavy atom. The van der Waals surface area contributed by atoms with Crippen LogP contribution in [0.3, 0.4) is 0 Å². The molecule has 0 bridgehead atoms. The van der Waals surface area contributed by atoms with Crippen molar-refractivity contribution >= 4 is 29.3 Å². The van der Waals surface area contributed by atoms with Gasteiger partial charge in [-0.05, 0) is 64.4 Å². The minimum atomic E-state index is -0.255. The molecule has 0 unspecified atom stereocenters. The van der Waals surface area contributed by atoms with Gasteiger partial charge in [-0.25, -0.2) is 0 Å². The van der Waals surface area contributed by atoms with Crippen LogP contribution in [0.5, 0.6) is 11.5 Å². The molecule has 0 spiro atoms. The van der Waals surface area contributed by atoms with Gasteiger partial charge in [-0.15, -0.1) is 0 Å². The Morgan fingerprint density at radius 3 is 2.42 bits per heavy atom. The average molecular weight is 513 g/mol. The smallest absolute Gasteiger partial charge is 0.265 e. The molecule has 1 heterocycles. The summed E-state index contributed by atoms with van der Waals surface area (Å²) in [6, 6.07) is 21.5. The molecule has 0 saturated carbocycles. The highest BCUT2D eigenvalue weighted by molar-refractivity contribution is 6.03. The molecule has 3 aromatic rings. The molecule has 0 radical (unpaired) electrons. The number of nitrogens with one attached hydrogen (secondary N) is 1. The molecule has 6 nitrogen and oxygen atoms in total. The molecule has 0 atom stereocenters. The molecule has 3 aromatic carbocycles. The number of hydrogen-bond donors (Lipinski definition) is 1. The number of anilines is 2. The lowest BCUT2D eigenvalue weighted by Gasteiger charge is -2.29. The topological polar surface area (TPSA) is 67.9 Å². The van der Waals surface area contributed by atoms with Gasteiger partial charge in [0.2, 0.25) is 5.91 Å². The maximum atomic E-state index is 12.7. The van der Waals surface area contributed by atoms with E-state index in [9.17, 15) is 9.59 Å². The first kappa shape index (κ1) is 27.0. The SMILES string of the molecule is CC(C)c1ccc(/C=C/C(=O)Nc2ccc3c(c2)N(CCOc2ccc(C(C)(C)C)cc2)C(=O)CO3)cc1. The van der Waals surface area contributed by atoms with Gasteiger partial charge < -0.3 is 19.7 Å². The first-order valence-electron chi connectivity index (χ1n) is 13.0. The molecule has 1 N–H and O–H groups in total. The summed E-state index contributed by atoms with van der Waals surface area (Å²) in [6.07, 6.45) is 3.28. The quantitative estimate of drug-likeness (QED) is 0.347. The summed E-state index contributed by atoms with van der Waals surface area (Å²) in [5.74, 6) is 1.40. The molecular formula is C32H36N2O4. The third-order valence-electron chi connectivity index (χ3n) is 6.50. The largest absolute Gasteiger partial charge is 0.492 e. The summed E-state index contributed by atoms with van der Waals surface area (Å²) in [5, 5.41) is 2.88. The number of carbonyl (C=O) groups excluding carboxylic acids is 2. The van der Waals surface area contributed by atoms with Gasteiger partial charge in [0.05, 0.1) is 12.2 Å². The molecule has 0 aromatic heterocycles. The Hall–Kier alpha value is -4.06. The predicted molar refractivity (Wildman–Crippen MR) is 153 cm³/mol. The van der Waals surface area contributed by atoms with E-state index in [4.69, 9.17) is 9.47 Å². The van der Waals surface area contributed by atoms with Crippen molar-refractivity contribution in [3.8, 4) is 11.5 Å². The van der Waals surface area contributed by atoms with Crippen LogP contribution in [0.4, 0.5) is 11.4 Å². The van der Waals surface area contributed by atoms with E-state index in [1.54, 1.807) is 29.2 Å². The van der Waals surface area contributed by atoms with Crippen molar-refractivity contribution in [1.82, 2.24) is 0 Å². The Balaban J connectivity index is 1.38. The lowest BCUT2D eigenvalue weighted by Crippen LogP contribution is -2.41. The van der Waals surface area contributed by atoms with Crippen LogP contribution >= 0.6 is 0 Å². The Kier molecular flexibility index (Phi) is 8.20. The average Bonchev–Trinajstić information content (AvgIpc) is 2.89. The summed E-state index contributed by atoms with van der Waals surface area (Å²) < 4.78 is 11.5.